The van der Waals surface area contributed by atoms with Gasteiger partial charge in [-0.1, -0.05) is 5.57 Å². The molecule has 0 saturated carbocycles. The minimum absolute atomic E-state index is 0.656. The van der Waals surface area contributed by atoms with Crippen molar-refractivity contribution in [1.82, 2.24) is 0 Å². The molecule has 1 nitrogen and oxygen atoms in total. The highest BCUT2D eigenvalue weighted by Crippen LogP contribution is 2.13. The average Bonchev–Trinajstić information content (AvgIpc) is 2.08. The smallest absolute Gasteiger partial charge is 0.119 e. The SMILES string of the molecule is CC(C)=CCOc1ccc(I)cc1. The van der Waals surface area contributed by atoms with E-state index in [2.05, 4.69) is 42.5 Å². The molecule has 0 heterocycles. The summed E-state index contributed by atoms with van der Waals surface area (Å²) in [5.74, 6) is 0.929. The van der Waals surface area contributed by atoms with E-state index in [4.69, 9.17) is 4.74 Å². The first-order chi connectivity index (χ1) is 6.18. The van der Waals surface area contributed by atoms with E-state index in [1.165, 1.54) is 9.14 Å². The lowest BCUT2D eigenvalue weighted by molar-refractivity contribution is 0.362. The molecule has 0 spiro atoms. The van der Waals surface area contributed by atoms with Crippen LogP contribution in [0.25, 0.3) is 0 Å². The molecule has 13 heavy (non-hydrogen) atoms. The minimum atomic E-state index is 0.656. The number of hydrogen-bond acceptors (Lipinski definition) is 1. The lowest BCUT2D eigenvalue weighted by Crippen LogP contribution is -1.93. The highest BCUT2D eigenvalue weighted by molar-refractivity contribution is 14.1. The first-order valence-electron chi connectivity index (χ1n) is 4.20. The van der Waals surface area contributed by atoms with Crippen molar-refractivity contribution < 1.29 is 4.74 Å². The predicted octanol–water partition coefficient (Wildman–Crippen LogP) is 3.64. The Hall–Kier alpha value is -0.510. The molecule has 0 unspecified atom stereocenters. The fourth-order valence-corrected chi connectivity index (χ4v) is 1.19. The fourth-order valence-electron chi connectivity index (χ4n) is 0.835. The van der Waals surface area contributed by atoms with Gasteiger partial charge in [0.05, 0.1) is 0 Å². The Balaban J connectivity index is 2.46. The molecular weight excluding hydrogens is 275 g/mol. The minimum Gasteiger partial charge on any atom is -0.490 e. The molecule has 2 heteroatoms. The van der Waals surface area contributed by atoms with Crippen LogP contribution in [0.1, 0.15) is 13.8 Å². The molecule has 1 aromatic rings. The van der Waals surface area contributed by atoms with Gasteiger partial charge in [-0.25, -0.2) is 0 Å². The summed E-state index contributed by atoms with van der Waals surface area (Å²) in [4.78, 5) is 0. The Kier molecular flexibility index (Phi) is 4.28. The van der Waals surface area contributed by atoms with Crippen molar-refractivity contribution in [2.45, 2.75) is 13.8 Å². The van der Waals surface area contributed by atoms with Crippen molar-refractivity contribution in [2.75, 3.05) is 6.61 Å². The maximum Gasteiger partial charge on any atom is 0.119 e. The zero-order chi connectivity index (χ0) is 9.68. The van der Waals surface area contributed by atoms with Crippen LogP contribution in [0.5, 0.6) is 5.75 Å². The number of rotatable bonds is 3. The molecule has 0 aliphatic heterocycles. The van der Waals surface area contributed by atoms with Gasteiger partial charge in [-0.15, -0.1) is 0 Å². The molecule has 0 amide bonds. The maximum atomic E-state index is 5.49. The number of allylic oxidation sites excluding steroid dienone is 1. The molecule has 0 N–H and O–H groups in total. The summed E-state index contributed by atoms with van der Waals surface area (Å²) in [6.07, 6.45) is 2.07. The maximum absolute atomic E-state index is 5.49. The van der Waals surface area contributed by atoms with E-state index in [0.717, 1.165) is 5.75 Å². The van der Waals surface area contributed by atoms with Crippen LogP contribution < -0.4 is 4.74 Å². The molecule has 0 aromatic heterocycles. The van der Waals surface area contributed by atoms with E-state index in [0.29, 0.717) is 6.61 Å². The van der Waals surface area contributed by atoms with Gasteiger partial charge >= 0.3 is 0 Å². The summed E-state index contributed by atoms with van der Waals surface area (Å²) in [7, 11) is 0. The largest absolute Gasteiger partial charge is 0.490 e. The zero-order valence-electron chi connectivity index (χ0n) is 7.88. The number of hydrogen-bond donors (Lipinski definition) is 0. The number of ether oxygens (including phenoxy) is 1. The van der Waals surface area contributed by atoms with Crippen LogP contribution in [0.2, 0.25) is 0 Å². The van der Waals surface area contributed by atoms with Gasteiger partial charge in [-0.05, 0) is 66.8 Å². The van der Waals surface area contributed by atoms with Gasteiger partial charge in [-0.3, -0.25) is 0 Å². The molecule has 0 aliphatic carbocycles. The monoisotopic (exact) mass is 288 g/mol. The second-order valence-corrected chi connectivity index (χ2v) is 4.29. The van der Waals surface area contributed by atoms with E-state index in [9.17, 15) is 0 Å². The molecule has 0 radical (unpaired) electrons. The Labute approximate surface area is 92.9 Å². The van der Waals surface area contributed by atoms with Crippen molar-refractivity contribution >= 4 is 22.6 Å². The van der Waals surface area contributed by atoms with Gasteiger partial charge in [0.15, 0.2) is 0 Å². The molecule has 0 fully saturated rings. The Morgan fingerprint density at radius 1 is 1.31 bits per heavy atom. The predicted molar refractivity (Wildman–Crippen MR) is 64.1 cm³/mol. The van der Waals surface area contributed by atoms with Crippen LogP contribution in [-0.2, 0) is 0 Å². The zero-order valence-corrected chi connectivity index (χ0v) is 10.0. The van der Waals surface area contributed by atoms with Gasteiger partial charge in [0.25, 0.3) is 0 Å². The van der Waals surface area contributed by atoms with Gasteiger partial charge < -0.3 is 4.74 Å². The third-order valence-electron chi connectivity index (χ3n) is 1.56. The fraction of sp³-hybridized carbons (Fsp3) is 0.273. The second-order valence-electron chi connectivity index (χ2n) is 3.05. The van der Waals surface area contributed by atoms with E-state index in [-0.39, 0.29) is 0 Å². The van der Waals surface area contributed by atoms with Crippen molar-refractivity contribution in [3.8, 4) is 5.75 Å². The second kappa shape index (κ2) is 5.27. The first kappa shape index (κ1) is 10.6. The molecule has 0 saturated heterocycles. The van der Waals surface area contributed by atoms with E-state index >= 15 is 0 Å². The van der Waals surface area contributed by atoms with Crippen LogP contribution >= 0.6 is 22.6 Å². The van der Waals surface area contributed by atoms with Gasteiger partial charge in [0.2, 0.25) is 0 Å². The van der Waals surface area contributed by atoms with E-state index in [1.54, 1.807) is 0 Å². The van der Waals surface area contributed by atoms with Crippen LogP contribution in [0.4, 0.5) is 0 Å². The van der Waals surface area contributed by atoms with Crippen LogP contribution in [0.3, 0.4) is 0 Å². The summed E-state index contributed by atoms with van der Waals surface area (Å²) in [5, 5.41) is 0. The van der Waals surface area contributed by atoms with Crippen molar-refractivity contribution in [2.24, 2.45) is 0 Å². The highest BCUT2D eigenvalue weighted by Gasteiger charge is 1.90. The molecule has 0 atom stereocenters. The van der Waals surface area contributed by atoms with Crippen LogP contribution in [0.15, 0.2) is 35.9 Å². The van der Waals surface area contributed by atoms with E-state index in [1.807, 2.05) is 24.3 Å². The molecule has 1 rings (SSSR count). The lowest BCUT2D eigenvalue weighted by Gasteiger charge is -2.02. The molecule has 70 valence electrons. The highest BCUT2D eigenvalue weighted by atomic mass is 127. The average molecular weight is 288 g/mol. The Morgan fingerprint density at radius 3 is 2.46 bits per heavy atom. The van der Waals surface area contributed by atoms with Gasteiger partial charge in [-0.2, -0.15) is 0 Å². The summed E-state index contributed by atoms with van der Waals surface area (Å²) < 4.78 is 6.72. The lowest BCUT2D eigenvalue weighted by atomic mass is 10.3. The number of benzene rings is 1. The summed E-state index contributed by atoms with van der Waals surface area (Å²) in [5.41, 5.74) is 1.28. The van der Waals surface area contributed by atoms with Gasteiger partial charge in [0.1, 0.15) is 12.4 Å². The van der Waals surface area contributed by atoms with Crippen LogP contribution in [-0.4, -0.2) is 6.61 Å². The van der Waals surface area contributed by atoms with Gasteiger partial charge in [0, 0.05) is 3.57 Å². The van der Waals surface area contributed by atoms with Crippen molar-refractivity contribution in [1.29, 1.82) is 0 Å². The summed E-state index contributed by atoms with van der Waals surface area (Å²) >= 11 is 2.28. The summed E-state index contributed by atoms with van der Waals surface area (Å²) in [6.45, 7) is 4.79. The summed E-state index contributed by atoms with van der Waals surface area (Å²) in [6, 6.07) is 8.05. The Bertz CT molecular complexity index is 283. The normalized spacial score (nSPS) is 9.46. The molecule has 1 aromatic carbocycles. The van der Waals surface area contributed by atoms with Crippen molar-refractivity contribution in [3.05, 3.63) is 39.5 Å². The Morgan fingerprint density at radius 2 is 1.92 bits per heavy atom. The third-order valence-corrected chi connectivity index (χ3v) is 2.27. The standard InChI is InChI=1S/C11H13IO/c1-9(2)7-8-13-11-5-3-10(12)4-6-11/h3-7H,8H2,1-2H3. The quantitative estimate of drug-likeness (QED) is 0.609. The van der Waals surface area contributed by atoms with Crippen molar-refractivity contribution in [3.63, 3.8) is 0 Å². The first-order valence-corrected chi connectivity index (χ1v) is 5.28. The molecular formula is C11H13IO. The van der Waals surface area contributed by atoms with Crippen LogP contribution in [0, 0.1) is 3.57 Å². The van der Waals surface area contributed by atoms with E-state index < -0.39 is 0 Å². The molecule has 0 aliphatic rings. The third kappa shape index (κ3) is 4.31. The topological polar surface area (TPSA) is 9.23 Å². The number of halogens is 1. The molecule has 0 bridgehead atoms.